The van der Waals surface area contributed by atoms with Crippen LogP contribution in [-0.2, 0) is 0 Å². The lowest BCUT2D eigenvalue weighted by atomic mass is 9.94. The summed E-state index contributed by atoms with van der Waals surface area (Å²) in [6, 6.07) is 8.54. The minimum Gasteiger partial charge on any atom is -0.490 e. The van der Waals surface area contributed by atoms with E-state index < -0.39 is 0 Å². The van der Waals surface area contributed by atoms with Gasteiger partial charge >= 0.3 is 0 Å². The molecule has 2 rings (SSSR count). The predicted molar refractivity (Wildman–Crippen MR) is 69.9 cm³/mol. The van der Waals surface area contributed by atoms with Gasteiger partial charge in [-0.2, -0.15) is 0 Å². The van der Waals surface area contributed by atoms with E-state index >= 15 is 0 Å². The lowest BCUT2D eigenvalue weighted by molar-refractivity contribution is 0.147. The van der Waals surface area contributed by atoms with E-state index in [-0.39, 0.29) is 6.04 Å². The molecule has 1 aliphatic carbocycles. The molecule has 0 aliphatic heterocycles. The highest BCUT2D eigenvalue weighted by atomic mass is 16.5. The summed E-state index contributed by atoms with van der Waals surface area (Å²) in [7, 11) is 0. The SMILES string of the molecule is CC(N)c1ccc(OC2CCC(N)CC2)cc1. The Morgan fingerprint density at radius 2 is 1.71 bits per heavy atom. The molecule has 1 atom stereocenters. The molecule has 0 aromatic heterocycles. The average molecular weight is 234 g/mol. The summed E-state index contributed by atoms with van der Waals surface area (Å²) in [6.07, 6.45) is 4.60. The Bertz CT molecular complexity index is 340. The lowest BCUT2D eigenvalue weighted by Crippen LogP contribution is -2.31. The third-order valence-electron chi connectivity index (χ3n) is 3.43. The summed E-state index contributed by atoms with van der Waals surface area (Å²) >= 11 is 0. The van der Waals surface area contributed by atoms with Crippen LogP contribution >= 0.6 is 0 Å². The van der Waals surface area contributed by atoms with Gasteiger partial charge < -0.3 is 16.2 Å². The van der Waals surface area contributed by atoms with Crippen molar-refractivity contribution in [1.29, 1.82) is 0 Å². The fraction of sp³-hybridized carbons (Fsp3) is 0.571. The maximum atomic E-state index is 5.94. The van der Waals surface area contributed by atoms with E-state index in [0.29, 0.717) is 12.1 Å². The Kier molecular flexibility index (Phi) is 4.02. The van der Waals surface area contributed by atoms with Crippen LogP contribution in [-0.4, -0.2) is 12.1 Å². The second kappa shape index (κ2) is 5.52. The molecule has 4 N–H and O–H groups in total. The third kappa shape index (κ3) is 3.45. The first-order valence-electron chi connectivity index (χ1n) is 6.43. The molecule has 17 heavy (non-hydrogen) atoms. The maximum Gasteiger partial charge on any atom is 0.119 e. The Morgan fingerprint density at radius 3 is 2.24 bits per heavy atom. The number of hydrogen-bond donors (Lipinski definition) is 2. The van der Waals surface area contributed by atoms with Gasteiger partial charge in [0.1, 0.15) is 5.75 Å². The van der Waals surface area contributed by atoms with Crippen LogP contribution in [0.4, 0.5) is 0 Å². The molecule has 1 aliphatic rings. The molecule has 1 aromatic carbocycles. The molecule has 3 nitrogen and oxygen atoms in total. The molecular formula is C14H22N2O. The van der Waals surface area contributed by atoms with E-state index in [1.165, 1.54) is 0 Å². The van der Waals surface area contributed by atoms with Gasteiger partial charge in [-0.05, 0) is 50.3 Å². The van der Waals surface area contributed by atoms with Crippen LogP contribution < -0.4 is 16.2 Å². The molecule has 1 fully saturated rings. The molecule has 3 heteroatoms. The van der Waals surface area contributed by atoms with Gasteiger partial charge in [0.2, 0.25) is 0 Å². The van der Waals surface area contributed by atoms with Crippen molar-refractivity contribution in [2.24, 2.45) is 11.5 Å². The minimum absolute atomic E-state index is 0.0803. The van der Waals surface area contributed by atoms with Crippen molar-refractivity contribution in [2.75, 3.05) is 0 Å². The summed E-state index contributed by atoms with van der Waals surface area (Å²) < 4.78 is 5.94. The van der Waals surface area contributed by atoms with Crippen LogP contribution in [0.15, 0.2) is 24.3 Å². The van der Waals surface area contributed by atoms with Gasteiger partial charge in [0.25, 0.3) is 0 Å². The Hall–Kier alpha value is -1.06. The summed E-state index contributed by atoms with van der Waals surface area (Å²) in [5.41, 5.74) is 12.8. The monoisotopic (exact) mass is 234 g/mol. The van der Waals surface area contributed by atoms with E-state index in [4.69, 9.17) is 16.2 Å². The molecule has 1 saturated carbocycles. The molecule has 1 aromatic rings. The summed E-state index contributed by atoms with van der Waals surface area (Å²) in [6.45, 7) is 1.98. The Labute approximate surface area is 103 Å². The molecule has 0 amide bonds. The normalized spacial score (nSPS) is 26.5. The van der Waals surface area contributed by atoms with E-state index in [1.54, 1.807) is 0 Å². The van der Waals surface area contributed by atoms with Crippen molar-refractivity contribution < 1.29 is 4.74 Å². The zero-order valence-electron chi connectivity index (χ0n) is 10.4. The first-order valence-corrected chi connectivity index (χ1v) is 6.43. The molecule has 0 heterocycles. The van der Waals surface area contributed by atoms with Gasteiger partial charge in [0, 0.05) is 12.1 Å². The number of rotatable bonds is 3. The zero-order valence-corrected chi connectivity index (χ0v) is 10.4. The quantitative estimate of drug-likeness (QED) is 0.844. The van der Waals surface area contributed by atoms with Gasteiger partial charge in [-0.1, -0.05) is 12.1 Å². The van der Waals surface area contributed by atoms with Crippen molar-refractivity contribution in [3.8, 4) is 5.75 Å². The molecular weight excluding hydrogens is 212 g/mol. The van der Waals surface area contributed by atoms with Gasteiger partial charge in [-0.25, -0.2) is 0 Å². The molecule has 1 unspecified atom stereocenters. The second-order valence-electron chi connectivity index (χ2n) is 5.01. The fourth-order valence-electron chi connectivity index (χ4n) is 2.25. The van der Waals surface area contributed by atoms with Gasteiger partial charge in [0.05, 0.1) is 6.10 Å². The topological polar surface area (TPSA) is 61.3 Å². The van der Waals surface area contributed by atoms with Crippen LogP contribution in [0, 0.1) is 0 Å². The average Bonchev–Trinajstić information content (AvgIpc) is 2.33. The minimum atomic E-state index is 0.0803. The van der Waals surface area contributed by atoms with Crippen molar-refractivity contribution in [3.05, 3.63) is 29.8 Å². The second-order valence-corrected chi connectivity index (χ2v) is 5.01. The third-order valence-corrected chi connectivity index (χ3v) is 3.43. The summed E-state index contributed by atoms with van der Waals surface area (Å²) in [5, 5.41) is 0. The lowest BCUT2D eigenvalue weighted by Gasteiger charge is -2.26. The van der Waals surface area contributed by atoms with Crippen LogP contribution in [0.25, 0.3) is 0 Å². The van der Waals surface area contributed by atoms with Gasteiger partial charge in [-0.15, -0.1) is 0 Å². The first-order chi connectivity index (χ1) is 8.15. The zero-order chi connectivity index (χ0) is 12.3. The van der Waals surface area contributed by atoms with E-state index in [2.05, 4.69) is 0 Å². The number of benzene rings is 1. The first kappa shape index (κ1) is 12.4. The highest BCUT2D eigenvalue weighted by molar-refractivity contribution is 5.28. The molecule has 0 spiro atoms. The highest BCUT2D eigenvalue weighted by Gasteiger charge is 2.19. The van der Waals surface area contributed by atoms with E-state index in [9.17, 15) is 0 Å². The number of hydrogen-bond acceptors (Lipinski definition) is 3. The fourth-order valence-corrected chi connectivity index (χ4v) is 2.25. The Balaban J connectivity index is 1.90. The standard InChI is InChI=1S/C14H22N2O/c1-10(15)11-2-6-13(7-3-11)17-14-8-4-12(16)5-9-14/h2-3,6-7,10,12,14H,4-5,8-9,15-16H2,1H3. The summed E-state index contributed by atoms with van der Waals surface area (Å²) in [5.74, 6) is 0.940. The van der Waals surface area contributed by atoms with E-state index in [0.717, 1.165) is 37.0 Å². The molecule has 0 bridgehead atoms. The number of nitrogens with two attached hydrogens (primary N) is 2. The highest BCUT2D eigenvalue weighted by Crippen LogP contribution is 2.23. The maximum absolute atomic E-state index is 5.94. The van der Waals surface area contributed by atoms with Crippen molar-refractivity contribution >= 4 is 0 Å². The molecule has 0 radical (unpaired) electrons. The Morgan fingerprint density at radius 1 is 1.12 bits per heavy atom. The molecule has 94 valence electrons. The van der Waals surface area contributed by atoms with Crippen LogP contribution in [0.2, 0.25) is 0 Å². The van der Waals surface area contributed by atoms with Crippen LogP contribution in [0.1, 0.15) is 44.2 Å². The van der Waals surface area contributed by atoms with Crippen molar-refractivity contribution in [2.45, 2.75) is 50.8 Å². The summed E-state index contributed by atoms with van der Waals surface area (Å²) in [4.78, 5) is 0. The van der Waals surface area contributed by atoms with Gasteiger partial charge in [0.15, 0.2) is 0 Å². The predicted octanol–water partition coefficient (Wildman–Crippen LogP) is 2.36. The largest absolute Gasteiger partial charge is 0.490 e. The molecule has 0 saturated heterocycles. The van der Waals surface area contributed by atoms with E-state index in [1.807, 2.05) is 31.2 Å². The smallest absolute Gasteiger partial charge is 0.119 e. The number of ether oxygens (including phenoxy) is 1. The van der Waals surface area contributed by atoms with Gasteiger partial charge in [-0.3, -0.25) is 0 Å². The van der Waals surface area contributed by atoms with Crippen LogP contribution in [0.3, 0.4) is 0 Å². The van der Waals surface area contributed by atoms with Crippen LogP contribution in [0.5, 0.6) is 5.75 Å². The van der Waals surface area contributed by atoms with Crippen molar-refractivity contribution in [3.63, 3.8) is 0 Å². The van der Waals surface area contributed by atoms with Crippen molar-refractivity contribution in [1.82, 2.24) is 0 Å².